The fraction of sp³-hybridized carbons (Fsp3) is 0.182. The van der Waals surface area contributed by atoms with Crippen LogP contribution in [0.5, 0.6) is 5.75 Å². The van der Waals surface area contributed by atoms with Crippen LogP contribution in [-0.4, -0.2) is 17.3 Å². The van der Waals surface area contributed by atoms with Gasteiger partial charge in [-0.2, -0.15) is 5.10 Å². The van der Waals surface area contributed by atoms with Crippen LogP contribution in [0.3, 0.4) is 0 Å². The third kappa shape index (κ3) is 1.98. The average molecular weight is 206 g/mol. The lowest BCUT2D eigenvalue weighted by atomic mass is 10.1. The van der Waals surface area contributed by atoms with Crippen LogP contribution in [0, 0.1) is 5.82 Å². The summed E-state index contributed by atoms with van der Waals surface area (Å²) in [5.41, 5.74) is 1.41. The summed E-state index contributed by atoms with van der Waals surface area (Å²) in [5, 5.41) is 6.64. The molecule has 78 valence electrons. The van der Waals surface area contributed by atoms with Crippen molar-refractivity contribution < 1.29 is 9.13 Å². The monoisotopic (exact) mass is 206 g/mol. The van der Waals surface area contributed by atoms with Gasteiger partial charge in [0.2, 0.25) is 0 Å². The lowest BCUT2D eigenvalue weighted by molar-refractivity contribution is 0.410. The van der Waals surface area contributed by atoms with E-state index in [1.165, 1.54) is 6.07 Å². The molecule has 1 heterocycles. The quantitative estimate of drug-likeness (QED) is 0.835. The highest BCUT2D eigenvalue weighted by Crippen LogP contribution is 2.19. The number of H-pyrrole nitrogens is 1. The minimum atomic E-state index is -0.214. The van der Waals surface area contributed by atoms with Crippen LogP contribution in [0.25, 0.3) is 0 Å². The summed E-state index contributed by atoms with van der Waals surface area (Å²) in [5.74, 6) is 0.437. The van der Waals surface area contributed by atoms with E-state index in [4.69, 9.17) is 4.74 Å². The maximum absolute atomic E-state index is 13.3. The molecule has 0 bridgehead atoms. The molecule has 0 saturated carbocycles. The number of aromatic nitrogens is 2. The molecular weight excluding hydrogens is 195 g/mol. The Morgan fingerprint density at radius 1 is 1.40 bits per heavy atom. The minimum Gasteiger partial charge on any atom is -0.493 e. The molecule has 0 fully saturated rings. The van der Waals surface area contributed by atoms with Crippen molar-refractivity contribution in [2.24, 2.45) is 0 Å². The normalized spacial score (nSPS) is 10.3. The van der Waals surface area contributed by atoms with E-state index in [0.717, 1.165) is 5.69 Å². The molecule has 0 atom stereocenters. The lowest BCUT2D eigenvalue weighted by Crippen LogP contribution is -1.95. The fourth-order valence-corrected chi connectivity index (χ4v) is 1.44. The van der Waals surface area contributed by atoms with E-state index in [-0.39, 0.29) is 5.82 Å². The van der Waals surface area contributed by atoms with Crippen molar-refractivity contribution in [1.82, 2.24) is 10.2 Å². The zero-order valence-corrected chi connectivity index (χ0v) is 8.33. The molecule has 2 rings (SSSR count). The molecule has 4 heteroatoms. The Balaban J connectivity index is 2.26. The number of methoxy groups -OCH3 is 1. The van der Waals surface area contributed by atoms with Crippen LogP contribution in [0.2, 0.25) is 0 Å². The highest BCUT2D eigenvalue weighted by atomic mass is 19.1. The maximum Gasteiger partial charge on any atom is 0.160 e. The van der Waals surface area contributed by atoms with Gasteiger partial charge in [0.25, 0.3) is 0 Å². The van der Waals surface area contributed by atoms with Gasteiger partial charge in [0.1, 0.15) is 5.82 Å². The topological polar surface area (TPSA) is 37.9 Å². The predicted octanol–water partition coefficient (Wildman–Crippen LogP) is 2.15. The second-order valence-electron chi connectivity index (χ2n) is 3.19. The van der Waals surface area contributed by atoms with Gasteiger partial charge in [-0.05, 0) is 11.6 Å². The molecule has 3 nitrogen and oxygen atoms in total. The van der Waals surface area contributed by atoms with Gasteiger partial charge in [0.15, 0.2) is 5.75 Å². The summed E-state index contributed by atoms with van der Waals surface area (Å²) < 4.78 is 18.4. The highest BCUT2D eigenvalue weighted by molar-refractivity contribution is 5.30. The summed E-state index contributed by atoms with van der Waals surface area (Å²) in [6.07, 6.45) is 2.03. The number of hydrogen-bond acceptors (Lipinski definition) is 2. The second-order valence-corrected chi connectivity index (χ2v) is 3.19. The molecule has 2 aromatic rings. The molecule has 0 aliphatic rings. The number of nitrogens with one attached hydrogen (secondary N) is 1. The molecule has 0 aliphatic heterocycles. The SMILES string of the molecule is COc1cn[nH]c1Cc1ccccc1F. The number of hydrogen-bond donors (Lipinski definition) is 1. The molecule has 0 aliphatic carbocycles. The van der Waals surface area contributed by atoms with E-state index in [1.807, 2.05) is 0 Å². The summed E-state index contributed by atoms with van der Waals surface area (Å²) in [6, 6.07) is 6.66. The molecule has 15 heavy (non-hydrogen) atoms. The minimum absolute atomic E-state index is 0.214. The van der Waals surface area contributed by atoms with E-state index in [1.54, 1.807) is 31.5 Å². The number of benzene rings is 1. The van der Waals surface area contributed by atoms with Gasteiger partial charge < -0.3 is 4.74 Å². The Kier molecular flexibility index (Phi) is 2.67. The van der Waals surface area contributed by atoms with Crippen molar-refractivity contribution in [1.29, 1.82) is 0 Å². The Morgan fingerprint density at radius 2 is 2.20 bits per heavy atom. The van der Waals surface area contributed by atoms with E-state index in [0.29, 0.717) is 17.7 Å². The zero-order valence-electron chi connectivity index (χ0n) is 8.33. The van der Waals surface area contributed by atoms with Gasteiger partial charge in [-0.3, -0.25) is 5.10 Å². The van der Waals surface area contributed by atoms with Crippen LogP contribution < -0.4 is 4.74 Å². The van der Waals surface area contributed by atoms with Gasteiger partial charge in [0.05, 0.1) is 19.0 Å². The molecule has 1 aromatic carbocycles. The average Bonchev–Trinajstić information content (AvgIpc) is 2.69. The van der Waals surface area contributed by atoms with E-state index >= 15 is 0 Å². The van der Waals surface area contributed by atoms with E-state index < -0.39 is 0 Å². The first kappa shape index (κ1) is 9.71. The number of aromatic amines is 1. The van der Waals surface area contributed by atoms with Crippen LogP contribution >= 0.6 is 0 Å². The Bertz CT molecular complexity index is 453. The van der Waals surface area contributed by atoms with Gasteiger partial charge in [0, 0.05) is 6.42 Å². The number of nitrogens with zero attached hydrogens (tertiary/aromatic N) is 1. The summed E-state index contributed by atoms with van der Waals surface area (Å²) in [6.45, 7) is 0. The first-order chi connectivity index (χ1) is 7.31. The largest absolute Gasteiger partial charge is 0.493 e. The third-order valence-corrected chi connectivity index (χ3v) is 2.22. The third-order valence-electron chi connectivity index (χ3n) is 2.22. The Morgan fingerprint density at radius 3 is 2.93 bits per heavy atom. The molecule has 0 spiro atoms. The van der Waals surface area contributed by atoms with Crippen molar-refractivity contribution in [2.45, 2.75) is 6.42 Å². The zero-order chi connectivity index (χ0) is 10.7. The van der Waals surface area contributed by atoms with Crippen LogP contribution in [0.1, 0.15) is 11.3 Å². The number of rotatable bonds is 3. The standard InChI is InChI=1S/C11H11FN2O/c1-15-11-7-13-14-10(11)6-8-4-2-3-5-9(8)12/h2-5,7H,6H2,1H3,(H,13,14). The van der Waals surface area contributed by atoms with Crippen molar-refractivity contribution in [2.75, 3.05) is 7.11 Å². The molecule has 0 radical (unpaired) electrons. The molecular formula is C11H11FN2O. The molecule has 1 N–H and O–H groups in total. The van der Waals surface area contributed by atoms with Gasteiger partial charge in [-0.1, -0.05) is 18.2 Å². The molecule has 0 unspecified atom stereocenters. The van der Waals surface area contributed by atoms with Crippen molar-refractivity contribution >= 4 is 0 Å². The lowest BCUT2D eigenvalue weighted by Gasteiger charge is -2.03. The molecule has 0 saturated heterocycles. The Hall–Kier alpha value is -1.84. The fourth-order valence-electron chi connectivity index (χ4n) is 1.44. The summed E-state index contributed by atoms with van der Waals surface area (Å²) in [7, 11) is 1.57. The summed E-state index contributed by atoms with van der Waals surface area (Å²) >= 11 is 0. The Labute approximate surface area is 86.9 Å². The molecule has 0 amide bonds. The maximum atomic E-state index is 13.3. The van der Waals surface area contributed by atoms with Crippen LogP contribution in [-0.2, 0) is 6.42 Å². The van der Waals surface area contributed by atoms with E-state index in [2.05, 4.69) is 10.2 Å². The van der Waals surface area contributed by atoms with Crippen molar-refractivity contribution in [3.8, 4) is 5.75 Å². The van der Waals surface area contributed by atoms with E-state index in [9.17, 15) is 4.39 Å². The highest BCUT2D eigenvalue weighted by Gasteiger charge is 2.08. The van der Waals surface area contributed by atoms with Crippen molar-refractivity contribution in [3.63, 3.8) is 0 Å². The van der Waals surface area contributed by atoms with Gasteiger partial charge in [-0.25, -0.2) is 4.39 Å². The van der Waals surface area contributed by atoms with Gasteiger partial charge in [-0.15, -0.1) is 0 Å². The second kappa shape index (κ2) is 4.13. The first-order valence-corrected chi connectivity index (χ1v) is 4.61. The van der Waals surface area contributed by atoms with Crippen LogP contribution in [0.15, 0.2) is 30.5 Å². The summed E-state index contributed by atoms with van der Waals surface area (Å²) in [4.78, 5) is 0. The number of halogens is 1. The smallest absolute Gasteiger partial charge is 0.160 e. The predicted molar refractivity (Wildman–Crippen MR) is 54.3 cm³/mol. The molecule has 1 aromatic heterocycles. The number of ether oxygens (including phenoxy) is 1. The van der Waals surface area contributed by atoms with Crippen LogP contribution in [0.4, 0.5) is 4.39 Å². The first-order valence-electron chi connectivity index (χ1n) is 4.61. The van der Waals surface area contributed by atoms with Crippen molar-refractivity contribution in [3.05, 3.63) is 47.5 Å². The van der Waals surface area contributed by atoms with Gasteiger partial charge >= 0.3 is 0 Å².